The molecular formula is C45H51N5O8Si. The van der Waals surface area contributed by atoms with E-state index in [9.17, 15) is 14.7 Å². The Morgan fingerprint density at radius 1 is 0.864 bits per heavy atom. The summed E-state index contributed by atoms with van der Waals surface area (Å²) >= 11 is 0. The number of carbonyl (C=O) groups excluding carboxylic acids is 1. The molecule has 1 saturated heterocycles. The van der Waals surface area contributed by atoms with Crippen LogP contribution in [0, 0.1) is 0 Å². The van der Waals surface area contributed by atoms with Crippen LogP contribution in [0.15, 0.2) is 120 Å². The van der Waals surface area contributed by atoms with Gasteiger partial charge in [-0.25, -0.2) is 4.98 Å². The molecule has 1 amide bonds. The van der Waals surface area contributed by atoms with E-state index in [1.165, 1.54) is 6.33 Å². The third-order valence-corrected chi connectivity index (χ3v) is 15.8. The predicted molar refractivity (Wildman–Crippen MR) is 227 cm³/mol. The van der Waals surface area contributed by atoms with Crippen molar-refractivity contribution < 1.29 is 33.3 Å². The van der Waals surface area contributed by atoms with E-state index in [0.717, 1.165) is 22.3 Å². The SMILES string of the molecule is COc1ccc(C(OC[C@H]2O[C@@H](n3cnc4c(=O)[nH]c(NC(=O)Cc5ccccc5)nc43)[C@H](O[Si](C)(C)C(C)(C)C)[C@@H]2O)(c2ccccc2)c2ccc(OC)cc2)cc1. The Morgan fingerprint density at radius 2 is 1.42 bits per heavy atom. The van der Waals surface area contributed by atoms with E-state index in [-0.39, 0.29) is 41.1 Å². The van der Waals surface area contributed by atoms with Crippen LogP contribution in [0.2, 0.25) is 18.1 Å². The maximum Gasteiger partial charge on any atom is 0.280 e. The summed E-state index contributed by atoms with van der Waals surface area (Å²) in [4.78, 5) is 38.1. The standard InChI is InChI=1S/C45H51N5O8Si/c1-44(2,3)59(6,7)58-39-38(52)35(57-42(39)50-28-46-37-40(50)48-43(49-41(37)53)47-36(51)26-29-14-10-8-11-15-29)27-56-45(30-16-12-9-13-17-30,31-18-22-33(54-4)23-19-31)32-20-24-34(55-5)25-21-32/h8-25,28,35,38-39,42,52H,26-27H2,1-7H3,(H2,47,48,49,51,53)/t35-,38-,39-,42-/m1/s1. The molecule has 308 valence electrons. The molecule has 1 fully saturated rings. The van der Waals surface area contributed by atoms with Gasteiger partial charge in [0.05, 0.1) is 33.6 Å². The van der Waals surface area contributed by atoms with E-state index < -0.39 is 44.0 Å². The second-order valence-electron chi connectivity index (χ2n) is 16.2. The summed E-state index contributed by atoms with van der Waals surface area (Å²) in [5.74, 6) is 0.973. The number of fused-ring (bicyclic) bond motifs is 1. The van der Waals surface area contributed by atoms with Gasteiger partial charge in [-0.15, -0.1) is 0 Å². The third-order valence-electron chi connectivity index (χ3n) is 11.4. The van der Waals surface area contributed by atoms with E-state index in [4.69, 9.17) is 23.4 Å². The first-order valence-corrected chi connectivity index (χ1v) is 22.5. The Kier molecular flexibility index (Phi) is 11.9. The number of methoxy groups -OCH3 is 2. The largest absolute Gasteiger partial charge is 0.497 e. The van der Waals surface area contributed by atoms with E-state index in [1.807, 2.05) is 109 Å². The summed E-state index contributed by atoms with van der Waals surface area (Å²) in [6, 6.07) is 34.5. The van der Waals surface area contributed by atoms with Crippen LogP contribution in [-0.4, -0.2) is 78.0 Å². The Hall–Kier alpha value is -5.64. The summed E-state index contributed by atoms with van der Waals surface area (Å²) in [7, 11) is 0.677. The number of amides is 1. The molecule has 0 saturated carbocycles. The van der Waals surface area contributed by atoms with Gasteiger partial charge in [-0.05, 0) is 64.7 Å². The number of anilines is 1. The van der Waals surface area contributed by atoms with Gasteiger partial charge >= 0.3 is 0 Å². The molecule has 3 heterocycles. The predicted octanol–water partition coefficient (Wildman–Crippen LogP) is 6.98. The third kappa shape index (κ3) is 8.45. The second kappa shape index (κ2) is 16.9. The molecular weight excluding hydrogens is 767 g/mol. The van der Waals surface area contributed by atoms with Crippen molar-refractivity contribution in [2.24, 2.45) is 0 Å². The van der Waals surface area contributed by atoms with Gasteiger partial charge in [0.15, 0.2) is 25.7 Å². The summed E-state index contributed by atoms with van der Waals surface area (Å²) in [5.41, 5.74) is 1.76. The molecule has 1 aliphatic heterocycles. The van der Waals surface area contributed by atoms with Gasteiger partial charge in [0, 0.05) is 0 Å². The van der Waals surface area contributed by atoms with Crippen molar-refractivity contribution in [1.82, 2.24) is 19.5 Å². The van der Waals surface area contributed by atoms with Gasteiger partial charge in [0.1, 0.15) is 35.4 Å². The van der Waals surface area contributed by atoms with Crippen molar-refractivity contribution in [2.45, 2.75) is 75.5 Å². The molecule has 0 spiro atoms. The number of nitrogens with zero attached hydrogens (tertiary/aromatic N) is 3. The lowest BCUT2D eigenvalue weighted by atomic mass is 9.80. The number of hydrogen-bond donors (Lipinski definition) is 3. The molecule has 4 aromatic carbocycles. The number of aromatic amines is 1. The maximum absolute atomic E-state index is 13.4. The number of aliphatic hydroxyl groups excluding tert-OH is 1. The Balaban J connectivity index is 1.28. The fourth-order valence-corrected chi connectivity index (χ4v) is 8.42. The molecule has 14 heteroatoms. The maximum atomic E-state index is 13.4. The quantitative estimate of drug-likeness (QED) is 0.0774. The van der Waals surface area contributed by atoms with Crippen LogP contribution in [0.1, 0.15) is 49.3 Å². The zero-order chi connectivity index (χ0) is 42.0. The van der Waals surface area contributed by atoms with Crippen molar-refractivity contribution in [3.63, 3.8) is 0 Å². The Morgan fingerprint density at radius 3 is 1.98 bits per heavy atom. The molecule has 2 aromatic heterocycles. The lowest BCUT2D eigenvalue weighted by Gasteiger charge is -2.40. The van der Waals surface area contributed by atoms with E-state index in [1.54, 1.807) is 18.8 Å². The van der Waals surface area contributed by atoms with Crippen LogP contribution in [0.5, 0.6) is 11.5 Å². The first-order chi connectivity index (χ1) is 28.2. The van der Waals surface area contributed by atoms with Crippen molar-refractivity contribution in [2.75, 3.05) is 26.1 Å². The molecule has 0 unspecified atom stereocenters. The highest BCUT2D eigenvalue weighted by Crippen LogP contribution is 2.45. The summed E-state index contributed by atoms with van der Waals surface area (Å²) in [6.45, 7) is 10.5. The number of rotatable bonds is 14. The normalized spacial score (nSPS) is 18.5. The lowest BCUT2D eigenvalue weighted by Crippen LogP contribution is -2.49. The fraction of sp³-hybridized carbons (Fsp3) is 0.333. The number of aromatic nitrogens is 4. The molecule has 13 nitrogen and oxygen atoms in total. The number of imidazole rings is 1. The monoisotopic (exact) mass is 817 g/mol. The van der Waals surface area contributed by atoms with E-state index >= 15 is 0 Å². The van der Waals surface area contributed by atoms with E-state index in [0.29, 0.717) is 11.5 Å². The molecule has 6 aromatic rings. The molecule has 59 heavy (non-hydrogen) atoms. The molecule has 0 radical (unpaired) electrons. The van der Waals surface area contributed by atoms with Gasteiger partial charge in [0.25, 0.3) is 5.56 Å². The van der Waals surface area contributed by atoms with Gasteiger partial charge < -0.3 is 28.5 Å². The number of benzene rings is 4. The lowest BCUT2D eigenvalue weighted by molar-refractivity contribution is -0.115. The summed E-state index contributed by atoms with van der Waals surface area (Å²) in [6.07, 6.45) is -2.45. The van der Waals surface area contributed by atoms with Gasteiger partial charge in [0.2, 0.25) is 11.9 Å². The number of aliphatic hydroxyl groups is 1. The van der Waals surface area contributed by atoms with Crippen LogP contribution < -0.4 is 20.3 Å². The second-order valence-corrected chi connectivity index (χ2v) is 20.9. The molecule has 4 atom stereocenters. The number of nitrogens with one attached hydrogen (secondary N) is 2. The minimum absolute atomic E-state index is 0.0389. The number of hydrogen-bond acceptors (Lipinski definition) is 10. The molecule has 7 rings (SSSR count). The zero-order valence-corrected chi connectivity index (χ0v) is 35.3. The smallest absolute Gasteiger partial charge is 0.280 e. The van der Waals surface area contributed by atoms with Gasteiger partial charge in [-0.1, -0.05) is 106 Å². The minimum atomic E-state index is -2.56. The first-order valence-electron chi connectivity index (χ1n) is 19.5. The fourth-order valence-electron chi connectivity index (χ4n) is 7.13. The van der Waals surface area contributed by atoms with Crippen LogP contribution in [-0.2, 0) is 30.7 Å². The van der Waals surface area contributed by atoms with Crippen molar-refractivity contribution in [3.05, 3.63) is 148 Å². The van der Waals surface area contributed by atoms with E-state index in [2.05, 4.69) is 54.1 Å². The van der Waals surface area contributed by atoms with Crippen LogP contribution in [0.25, 0.3) is 11.2 Å². The van der Waals surface area contributed by atoms with Gasteiger partial charge in [-0.2, -0.15) is 4.98 Å². The summed E-state index contributed by atoms with van der Waals surface area (Å²) < 4.78 is 33.5. The highest BCUT2D eigenvalue weighted by Gasteiger charge is 2.52. The topological polar surface area (TPSA) is 159 Å². The van der Waals surface area contributed by atoms with Crippen LogP contribution in [0.4, 0.5) is 5.95 Å². The zero-order valence-electron chi connectivity index (χ0n) is 34.3. The van der Waals surface area contributed by atoms with Gasteiger partial charge in [-0.3, -0.25) is 24.5 Å². The molecule has 0 aliphatic carbocycles. The van der Waals surface area contributed by atoms with Crippen molar-refractivity contribution >= 4 is 31.3 Å². The molecule has 0 bridgehead atoms. The first kappa shape index (κ1) is 41.5. The average molecular weight is 818 g/mol. The van der Waals surface area contributed by atoms with Crippen LogP contribution >= 0.6 is 0 Å². The number of carbonyl (C=O) groups is 1. The molecule has 1 aliphatic rings. The highest BCUT2D eigenvalue weighted by atomic mass is 28.4. The van der Waals surface area contributed by atoms with Crippen molar-refractivity contribution in [1.29, 1.82) is 0 Å². The number of H-pyrrole nitrogens is 1. The average Bonchev–Trinajstić information content (AvgIpc) is 3.78. The summed E-state index contributed by atoms with van der Waals surface area (Å²) in [5, 5.41) is 14.8. The minimum Gasteiger partial charge on any atom is -0.497 e. The molecule has 3 N–H and O–H groups in total. The Bertz CT molecular complexity index is 2370. The number of ether oxygens (including phenoxy) is 4. The van der Waals surface area contributed by atoms with Crippen molar-refractivity contribution in [3.8, 4) is 11.5 Å². The van der Waals surface area contributed by atoms with Crippen LogP contribution in [0.3, 0.4) is 0 Å². The Labute approximate surface area is 344 Å². The highest BCUT2D eigenvalue weighted by molar-refractivity contribution is 6.74.